The largest absolute Gasteiger partial charge is 4.00 e. The zero-order chi connectivity index (χ0) is 34.5. The van der Waals surface area contributed by atoms with Gasteiger partial charge in [-0.15, -0.1) is 41.6 Å². The number of hydrogen-bond acceptors (Lipinski definition) is 4. The van der Waals surface area contributed by atoms with Crippen LogP contribution in [0.3, 0.4) is 0 Å². The molecule has 3 heterocycles. The molecule has 0 unspecified atom stereocenters. The van der Waals surface area contributed by atoms with E-state index in [4.69, 9.17) is 9.72 Å². The van der Waals surface area contributed by atoms with Gasteiger partial charge in [-0.1, -0.05) is 88.5 Å². The minimum atomic E-state index is -0.00381. The number of ether oxygens (including phenoxy) is 1. The van der Waals surface area contributed by atoms with E-state index >= 15 is 0 Å². The van der Waals surface area contributed by atoms with Crippen molar-refractivity contribution in [3.63, 3.8) is 0 Å². The van der Waals surface area contributed by atoms with Crippen LogP contribution in [0.25, 0.3) is 27.6 Å². The molecule has 0 saturated heterocycles. The second-order valence-corrected chi connectivity index (χ2v) is 15.6. The zero-order valence-electron chi connectivity index (χ0n) is 31.1. The van der Waals surface area contributed by atoms with Crippen LogP contribution in [0.1, 0.15) is 77.3 Å². The number of aromatic nitrogens is 2. The summed E-state index contributed by atoms with van der Waals surface area (Å²) in [6.07, 6.45) is 10.8. The van der Waals surface area contributed by atoms with E-state index in [1.807, 2.05) is 24.4 Å². The van der Waals surface area contributed by atoms with Gasteiger partial charge in [0, 0.05) is 35.1 Å². The molecule has 1 aliphatic heterocycles. The van der Waals surface area contributed by atoms with E-state index in [2.05, 4.69) is 153 Å². The third kappa shape index (κ3) is 7.44. The molecule has 0 radical (unpaired) electrons. The van der Waals surface area contributed by atoms with Crippen LogP contribution in [0, 0.1) is 31.5 Å². The summed E-state index contributed by atoms with van der Waals surface area (Å²) in [5.74, 6) is 2.71. The molecule has 8 rings (SSSR count). The fourth-order valence-corrected chi connectivity index (χ4v) is 7.55. The van der Waals surface area contributed by atoms with Gasteiger partial charge < -0.3 is 26.5 Å². The molecule has 1 saturated carbocycles. The van der Waals surface area contributed by atoms with Gasteiger partial charge >= 0.3 is 21.1 Å². The van der Waals surface area contributed by atoms with Crippen molar-refractivity contribution < 1.29 is 25.8 Å². The van der Waals surface area contributed by atoms with Gasteiger partial charge in [0.2, 0.25) is 0 Å². The maximum atomic E-state index is 6.73. The number of benzene rings is 4. The van der Waals surface area contributed by atoms with E-state index in [1.54, 1.807) is 0 Å². The molecule has 4 aromatic carbocycles. The van der Waals surface area contributed by atoms with Gasteiger partial charge in [0.05, 0.1) is 0 Å². The van der Waals surface area contributed by atoms with Crippen molar-refractivity contribution in [2.24, 2.45) is 5.41 Å². The Bertz CT molecular complexity index is 2190. The van der Waals surface area contributed by atoms with Crippen LogP contribution in [-0.2, 0) is 26.5 Å². The molecule has 0 N–H and O–H groups in total. The number of nitrogens with zero attached hydrogens (tertiary/aromatic N) is 4. The minimum Gasteiger partial charge on any atom is -0.518 e. The van der Waals surface area contributed by atoms with Crippen LogP contribution in [0.2, 0.25) is 0 Å². The molecular weight excluding hydrogens is 820 g/mol. The molecule has 6 heteroatoms. The van der Waals surface area contributed by atoms with Gasteiger partial charge in [0.25, 0.3) is 0 Å². The monoisotopic (exact) mass is 867 g/mol. The summed E-state index contributed by atoms with van der Waals surface area (Å²) in [6, 6.07) is 39.2. The van der Waals surface area contributed by atoms with Gasteiger partial charge in [-0.2, -0.15) is 6.07 Å². The first kappa shape index (κ1) is 37.4. The van der Waals surface area contributed by atoms with E-state index in [-0.39, 0.29) is 33.9 Å². The zero-order valence-corrected chi connectivity index (χ0v) is 33.4. The van der Waals surface area contributed by atoms with Gasteiger partial charge in [-0.25, -0.2) is 11.5 Å². The van der Waals surface area contributed by atoms with Gasteiger partial charge in [0.15, 0.2) is 0 Å². The Morgan fingerprint density at radius 2 is 1.60 bits per heavy atom. The Kier molecular flexibility index (Phi) is 10.8. The number of pyridine rings is 1. The topological polar surface area (TPSA) is 33.5 Å². The first-order valence-corrected chi connectivity index (χ1v) is 17.9. The Labute approximate surface area is 324 Å². The summed E-state index contributed by atoms with van der Waals surface area (Å²) in [5, 5.41) is 2.49. The third-order valence-corrected chi connectivity index (χ3v) is 10.5. The summed E-state index contributed by atoms with van der Waals surface area (Å²) in [5.41, 5.74) is 7.20. The van der Waals surface area contributed by atoms with Crippen molar-refractivity contribution in [1.29, 1.82) is 0 Å². The van der Waals surface area contributed by atoms with E-state index in [1.165, 1.54) is 40.4 Å². The average molecular weight is 868 g/mol. The maximum absolute atomic E-state index is 6.73. The van der Waals surface area contributed by atoms with Gasteiger partial charge in [0.1, 0.15) is 5.82 Å². The molecule has 1 aliphatic carbocycles. The second-order valence-electron chi connectivity index (χ2n) is 15.6. The summed E-state index contributed by atoms with van der Waals surface area (Å²) in [7, 11) is 0. The first-order chi connectivity index (χ1) is 24.1. The first-order valence-electron chi connectivity index (χ1n) is 17.9. The number of rotatable bonds is 6. The Morgan fingerprint density at radius 1 is 0.846 bits per heavy atom. The van der Waals surface area contributed by atoms with Crippen LogP contribution in [-0.4, -0.2) is 16.1 Å². The van der Waals surface area contributed by atoms with Crippen molar-refractivity contribution >= 4 is 33.2 Å². The van der Waals surface area contributed by atoms with Crippen molar-refractivity contribution in [3.8, 4) is 17.3 Å². The summed E-state index contributed by atoms with van der Waals surface area (Å²) < 4.78 is 9.01. The fraction of sp³-hybridized carbons (Fsp3) is 0.283. The Balaban J connectivity index is 0.00000232. The number of anilines is 2. The van der Waals surface area contributed by atoms with E-state index < -0.39 is 0 Å². The Morgan fingerprint density at radius 3 is 2.33 bits per heavy atom. The normalized spacial score (nSPS) is 16.1. The molecule has 1 fully saturated rings. The van der Waals surface area contributed by atoms with Crippen LogP contribution < -0.4 is 14.5 Å². The number of fused-ring (bicyclic) bond motifs is 3. The number of hydrogen-bond donors (Lipinski definition) is 0. The number of para-hydroxylation sites is 2. The predicted octanol–water partition coefficient (Wildman–Crippen LogP) is 12.0. The molecule has 5 nitrogen and oxygen atoms in total. The van der Waals surface area contributed by atoms with E-state index in [9.17, 15) is 0 Å². The molecule has 0 bridgehead atoms. The Hall–Kier alpha value is -4.34. The van der Waals surface area contributed by atoms with Gasteiger partial charge in [-0.3, -0.25) is 0 Å². The van der Waals surface area contributed by atoms with Crippen molar-refractivity contribution in [3.05, 3.63) is 147 Å². The minimum absolute atomic E-state index is 0. The van der Waals surface area contributed by atoms with Crippen molar-refractivity contribution in [2.45, 2.75) is 71.6 Å². The molecule has 0 atom stereocenters. The predicted molar refractivity (Wildman–Crippen MR) is 213 cm³/mol. The molecule has 0 spiro atoms. The molecule has 2 aromatic heterocycles. The third-order valence-electron chi connectivity index (χ3n) is 10.5. The summed E-state index contributed by atoms with van der Waals surface area (Å²) >= 11 is 0. The van der Waals surface area contributed by atoms with Crippen molar-refractivity contribution in [1.82, 2.24) is 9.55 Å². The molecule has 0 amide bonds. The summed E-state index contributed by atoms with van der Waals surface area (Å²) in [6.45, 7) is 14.5. The van der Waals surface area contributed by atoms with E-state index in [0.717, 1.165) is 41.9 Å². The van der Waals surface area contributed by atoms with E-state index in [0.29, 0.717) is 22.8 Å². The smallest absolute Gasteiger partial charge is 0.518 e. The SMILES string of the molecule is CC1(C)CCC(c2cc(Oc3[c-]c(N4C=CN(c5ccccc5)C[CH-]4)ccc3)[c-]c3c2c2ccccc2n3-c2cc(C(C)(C)C)ccn2)CC1.[CH3-].[Pt+4]. The molecule has 2 aliphatic rings. The van der Waals surface area contributed by atoms with Crippen LogP contribution in [0.5, 0.6) is 11.5 Å². The standard InChI is InChI=1S/C45H45N4O.CH3.Pt/c1-44(2,3)33-20-23-46-42(28-33)49-40-17-10-9-16-38(40)43-39(32-18-21-45(4,5)22-19-32)30-37(31-41(43)49)50-36-15-11-14-35(29-36)48-26-24-47(25-27-48)34-12-7-6-8-13-34;;/h6-17,20,23-24,26-28,30,32H,18-19,21-22,25H2,1-5H3;1H3;/q-3;-1;+4. The van der Waals surface area contributed by atoms with Crippen LogP contribution in [0.15, 0.2) is 110 Å². The second kappa shape index (κ2) is 15.0. The van der Waals surface area contributed by atoms with Crippen molar-refractivity contribution in [2.75, 3.05) is 16.3 Å². The molecule has 6 aromatic rings. The summed E-state index contributed by atoms with van der Waals surface area (Å²) in [4.78, 5) is 9.27. The van der Waals surface area contributed by atoms with Crippen LogP contribution in [0.4, 0.5) is 11.4 Å². The molecule has 52 heavy (non-hydrogen) atoms. The molecule has 268 valence electrons. The fourth-order valence-electron chi connectivity index (χ4n) is 7.55. The van der Waals surface area contributed by atoms with Crippen LogP contribution >= 0.6 is 0 Å². The molecular formula is C46H48N4OPt. The van der Waals surface area contributed by atoms with Gasteiger partial charge in [-0.05, 0) is 89.9 Å². The average Bonchev–Trinajstić information content (AvgIpc) is 3.46. The maximum Gasteiger partial charge on any atom is 4.00 e. The quantitative estimate of drug-likeness (QED) is 0.156.